The van der Waals surface area contributed by atoms with E-state index in [0.717, 1.165) is 4.90 Å². The average molecular weight is 387 g/mol. The fraction of sp³-hybridized carbons (Fsp3) is 0.250. The summed E-state index contributed by atoms with van der Waals surface area (Å²) in [6, 6.07) is 14.0. The normalized spacial score (nSPS) is 10.1. The van der Waals surface area contributed by atoms with Gasteiger partial charge in [-0.2, -0.15) is 0 Å². The van der Waals surface area contributed by atoms with Crippen LogP contribution in [0.5, 0.6) is 5.75 Å². The van der Waals surface area contributed by atoms with Gasteiger partial charge >= 0.3 is 5.97 Å². The van der Waals surface area contributed by atoms with Gasteiger partial charge in [-0.15, -0.1) is 11.8 Å². The molecule has 0 aliphatic rings. The van der Waals surface area contributed by atoms with E-state index in [9.17, 15) is 14.4 Å². The molecule has 0 spiro atoms. The minimum atomic E-state index is -0.500. The highest BCUT2D eigenvalue weighted by Gasteiger charge is 2.11. The van der Waals surface area contributed by atoms with Crippen LogP contribution in [0.4, 0.5) is 5.69 Å². The van der Waals surface area contributed by atoms with E-state index in [1.165, 1.54) is 11.8 Å². The van der Waals surface area contributed by atoms with E-state index >= 15 is 0 Å². The van der Waals surface area contributed by atoms with Crippen LogP contribution in [0.3, 0.4) is 0 Å². The second kappa shape index (κ2) is 10.4. The summed E-state index contributed by atoms with van der Waals surface area (Å²) in [6.07, 6.45) is -0.211. The molecule has 0 aromatic heterocycles. The summed E-state index contributed by atoms with van der Waals surface area (Å²) in [5, 5.41) is 2.81. The first-order valence-electron chi connectivity index (χ1n) is 8.37. The van der Waals surface area contributed by atoms with Gasteiger partial charge in [0.15, 0.2) is 5.78 Å². The number of Topliss-reactive ketones (excluding diaryl/α,β-unsaturated/α-hetero) is 1. The molecule has 2 rings (SSSR count). The standard InChI is InChI=1S/C20H21NO5S/c1-3-26-19(23)12-16(22)13-27-18-10-6-15(7-11-18)21-20(24)14-4-8-17(25-2)9-5-14/h4-11H,3,12-13H2,1-2H3,(H,21,24). The Morgan fingerprint density at radius 1 is 1.00 bits per heavy atom. The van der Waals surface area contributed by atoms with Gasteiger partial charge in [-0.1, -0.05) is 0 Å². The molecule has 0 fully saturated rings. The second-order valence-corrected chi connectivity index (χ2v) is 6.56. The van der Waals surface area contributed by atoms with Gasteiger partial charge in [0, 0.05) is 16.1 Å². The van der Waals surface area contributed by atoms with Gasteiger partial charge in [-0.05, 0) is 55.5 Å². The molecule has 0 aliphatic carbocycles. The molecule has 2 aromatic carbocycles. The summed E-state index contributed by atoms with van der Waals surface area (Å²) < 4.78 is 9.82. The smallest absolute Gasteiger partial charge is 0.313 e. The molecule has 142 valence electrons. The minimum absolute atomic E-state index is 0.185. The largest absolute Gasteiger partial charge is 0.497 e. The molecule has 0 radical (unpaired) electrons. The first-order valence-corrected chi connectivity index (χ1v) is 9.36. The number of amides is 1. The molecule has 7 heteroatoms. The fourth-order valence-corrected chi connectivity index (χ4v) is 2.93. The zero-order valence-electron chi connectivity index (χ0n) is 15.2. The lowest BCUT2D eigenvalue weighted by Gasteiger charge is -2.07. The highest BCUT2D eigenvalue weighted by Crippen LogP contribution is 2.21. The van der Waals surface area contributed by atoms with Crippen LogP contribution < -0.4 is 10.1 Å². The predicted molar refractivity (Wildman–Crippen MR) is 104 cm³/mol. The van der Waals surface area contributed by atoms with E-state index in [4.69, 9.17) is 9.47 Å². The molecule has 0 aliphatic heterocycles. The maximum Gasteiger partial charge on any atom is 0.313 e. The number of hydrogen-bond donors (Lipinski definition) is 1. The zero-order chi connectivity index (χ0) is 19.6. The number of nitrogens with one attached hydrogen (secondary N) is 1. The summed E-state index contributed by atoms with van der Waals surface area (Å²) in [5.74, 6) is -0.0285. The third-order valence-electron chi connectivity index (χ3n) is 3.51. The van der Waals surface area contributed by atoms with Crippen molar-refractivity contribution in [2.75, 3.05) is 24.8 Å². The Morgan fingerprint density at radius 2 is 1.67 bits per heavy atom. The van der Waals surface area contributed by atoms with E-state index in [1.54, 1.807) is 50.4 Å². The van der Waals surface area contributed by atoms with Crippen LogP contribution in [0.15, 0.2) is 53.4 Å². The monoisotopic (exact) mass is 387 g/mol. The number of hydrogen-bond acceptors (Lipinski definition) is 6. The van der Waals surface area contributed by atoms with Crippen molar-refractivity contribution < 1.29 is 23.9 Å². The SMILES string of the molecule is CCOC(=O)CC(=O)CSc1ccc(NC(=O)c2ccc(OC)cc2)cc1. The summed E-state index contributed by atoms with van der Waals surface area (Å²) in [7, 11) is 1.57. The summed E-state index contributed by atoms with van der Waals surface area (Å²) in [6.45, 7) is 1.97. The first kappa shape index (κ1) is 20.5. The van der Waals surface area contributed by atoms with Crippen LogP contribution in [0.2, 0.25) is 0 Å². The van der Waals surface area contributed by atoms with Gasteiger partial charge < -0.3 is 14.8 Å². The number of ether oxygens (including phenoxy) is 2. The molecule has 0 saturated carbocycles. The lowest BCUT2D eigenvalue weighted by atomic mass is 10.2. The van der Waals surface area contributed by atoms with Crippen LogP contribution >= 0.6 is 11.8 Å². The highest BCUT2D eigenvalue weighted by molar-refractivity contribution is 8.00. The fourth-order valence-electron chi connectivity index (χ4n) is 2.17. The molecular formula is C20H21NO5S. The number of ketones is 1. The van der Waals surface area contributed by atoms with Crippen molar-refractivity contribution >= 4 is 35.1 Å². The Balaban J connectivity index is 1.84. The Labute approximate surface area is 162 Å². The number of rotatable bonds is 9. The molecule has 1 N–H and O–H groups in total. The molecule has 27 heavy (non-hydrogen) atoms. The Hall–Kier alpha value is -2.80. The number of benzene rings is 2. The van der Waals surface area contributed by atoms with Crippen LogP contribution in [0, 0.1) is 0 Å². The van der Waals surface area contributed by atoms with Crippen molar-refractivity contribution in [2.24, 2.45) is 0 Å². The van der Waals surface area contributed by atoms with E-state index in [0.29, 0.717) is 17.0 Å². The van der Waals surface area contributed by atoms with Crippen LogP contribution in [0.1, 0.15) is 23.7 Å². The molecule has 6 nitrogen and oxygen atoms in total. The quantitative estimate of drug-likeness (QED) is 0.402. The van der Waals surface area contributed by atoms with E-state index in [2.05, 4.69) is 5.32 Å². The molecule has 0 bridgehead atoms. The Bertz CT molecular complexity index is 787. The van der Waals surface area contributed by atoms with Crippen LogP contribution in [-0.2, 0) is 14.3 Å². The third-order valence-corrected chi connectivity index (χ3v) is 4.58. The molecule has 0 heterocycles. The number of carbonyl (C=O) groups excluding carboxylic acids is 3. The molecule has 2 aromatic rings. The molecule has 1 amide bonds. The van der Waals surface area contributed by atoms with Gasteiger partial charge in [-0.3, -0.25) is 14.4 Å². The van der Waals surface area contributed by atoms with E-state index in [1.807, 2.05) is 12.1 Å². The van der Waals surface area contributed by atoms with Gasteiger partial charge in [0.1, 0.15) is 12.2 Å². The predicted octanol–water partition coefficient (Wildman–Crippen LogP) is 3.56. The maximum atomic E-state index is 12.2. The van der Waals surface area contributed by atoms with Crippen molar-refractivity contribution in [3.8, 4) is 5.75 Å². The molecule has 0 atom stereocenters. The Morgan fingerprint density at radius 3 is 2.26 bits per heavy atom. The lowest BCUT2D eigenvalue weighted by Crippen LogP contribution is -2.12. The van der Waals surface area contributed by atoms with Crippen molar-refractivity contribution in [1.29, 1.82) is 0 Å². The third kappa shape index (κ3) is 6.79. The zero-order valence-corrected chi connectivity index (χ0v) is 16.0. The maximum absolute atomic E-state index is 12.2. The van der Waals surface area contributed by atoms with Gasteiger partial charge in [0.2, 0.25) is 0 Å². The number of anilines is 1. The first-order chi connectivity index (χ1) is 13.0. The number of thioether (sulfide) groups is 1. The van der Waals surface area contributed by atoms with Crippen molar-refractivity contribution in [3.63, 3.8) is 0 Å². The summed E-state index contributed by atoms with van der Waals surface area (Å²) in [5.41, 5.74) is 1.18. The number of esters is 1. The van der Waals surface area contributed by atoms with Crippen molar-refractivity contribution in [3.05, 3.63) is 54.1 Å². The Kier molecular flexibility index (Phi) is 7.88. The molecule has 0 unspecified atom stereocenters. The van der Waals surface area contributed by atoms with Gasteiger partial charge in [0.05, 0.1) is 19.5 Å². The van der Waals surface area contributed by atoms with Crippen LogP contribution in [0.25, 0.3) is 0 Å². The second-order valence-electron chi connectivity index (χ2n) is 5.52. The topological polar surface area (TPSA) is 81.7 Å². The van der Waals surface area contributed by atoms with Crippen LogP contribution in [-0.4, -0.2) is 37.1 Å². The highest BCUT2D eigenvalue weighted by atomic mass is 32.2. The number of methoxy groups -OCH3 is 1. The summed E-state index contributed by atoms with van der Waals surface area (Å²) >= 11 is 1.33. The van der Waals surface area contributed by atoms with E-state index < -0.39 is 5.97 Å². The molecule has 0 saturated heterocycles. The number of carbonyl (C=O) groups is 3. The minimum Gasteiger partial charge on any atom is -0.497 e. The molecular weight excluding hydrogens is 366 g/mol. The van der Waals surface area contributed by atoms with Gasteiger partial charge in [-0.25, -0.2) is 0 Å². The van der Waals surface area contributed by atoms with Crippen molar-refractivity contribution in [1.82, 2.24) is 0 Å². The summed E-state index contributed by atoms with van der Waals surface area (Å²) in [4.78, 5) is 36.1. The average Bonchev–Trinajstić information content (AvgIpc) is 2.67. The van der Waals surface area contributed by atoms with Crippen molar-refractivity contribution in [2.45, 2.75) is 18.2 Å². The lowest BCUT2D eigenvalue weighted by molar-refractivity contribution is -0.145. The van der Waals surface area contributed by atoms with Gasteiger partial charge in [0.25, 0.3) is 5.91 Å². The van der Waals surface area contributed by atoms with E-state index in [-0.39, 0.29) is 30.5 Å².